The molecule has 0 radical (unpaired) electrons. The second-order valence-corrected chi connectivity index (χ2v) is 6.16. The first-order chi connectivity index (χ1) is 11.7. The maximum absolute atomic E-state index is 9.76. The predicted octanol–water partition coefficient (Wildman–Crippen LogP) is -1.37. The fourth-order valence-corrected chi connectivity index (χ4v) is 2.42. The van der Waals surface area contributed by atoms with Crippen molar-refractivity contribution in [1.29, 1.82) is 0 Å². The molecular formula is C16H33NO8. The monoisotopic (exact) mass is 367 g/mol. The topological polar surface area (TPSA) is 163 Å². The van der Waals surface area contributed by atoms with E-state index in [1.54, 1.807) is 0 Å². The number of unbranched alkanes of at least 4 members (excludes halogenated alkanes) is 1. The summed E-state index contributed by atoms with van der Waals surface area (Å²) in [6.45, 7) is 2.60. The fourth-order valence-electron chi connectivity index (χ4n) is 2.42. The molecule has 150 valence electrons. The first-order valence-corrected chi connectivity index (χ1v) is 8.57. The zero-order valence-electron chi connectivity index (χ0n) is 15.0. The van der Waals surface area contributed by atoms with Crippen LogP contribution in [0.3, 0.4) is 0 Å². The predicted molar refractivity (Wildman–Crippen MR) is 89.4 cm³/mol. The minimum absolute atomic E-state index is 0.107. The molecule has 0 bridgehead atoms. The number of nitrogens with two attached hydrogens (primary N) is 1. The third-order valence-electron chi connectivity index (χ3n) is 3.69. The fraction of sp³-hybridized carbons (Fsp3) is 0.938. The van der Waals surface area contributed by atoms with Gasteiger partial charge in [-0.15, -0.1) is 0 Å². The largest absolute Gasteiger partial charge is 0.394 e. The molecule has 1 heterocycles. The smallest absolute Gasteiger partial charge is 0.214 e. The lowest BCUT2D eigenvalue weighted by Crippen LogP contribution is -2.51. The van der Waals surface area contributed by atoms with Crippen LogP contribution >= 0.6 is 0 Å². The van der Waals surface area contributed by atoms with Crippen LogP contribution in [0.15, 0.2) is 0 Å². The van der Waals surface area contributed by atoms with E-state index in [-0.39, 0.29) is 31.5 Å². The molecule has 1 saturated heterocycles. The molecule has 6 unspecified atom stereocenters. The van der Waals surface area contributed by atoms with Gasteiger partial charge in [0.05, 0.1) is 31.5 Å². The van der Waals surface area contributed by atoms with Crippen molar-refractivity contribution in [3.05, 3.63) is 0 Å². The van der Waals surface area contributed by atoms with Crippen molar-refractivity contribution in [3.8, 4) is 0 Å². The third kappa shape index (κ3) is 10.7. The van der Waals surface area contributed by atoms with Gasteiger partial charge in [0.25, 0.3) is 0 Å². The van der Waals surface area contributed by atoms with Crippen LogP contribution in [0.2, 0.25) is 0 Å². The highest BCUT2D eigenvalue weighted by Crippen LogP contribution is 2.24. The number of primary amides is 1. The van der Waals surface area contributed by atoms with E-state index in [9.17, 15) is 20.1 Å². The Morgan fingerprint density at radius 1 is 1.36 bits per heavy atom. The minimum Gasteiger partial charge on any atom is -0.394 e. The van der Waals surface area contributed by atoms with E-state index in [1.807, 2.05) is 6.92 Å². The number of rotatable bonds is 9. The van der Waals surface area contributed by atoms with Crippen molar-refractivity contribution < 1.29 is 39.8 Å². The van der Waals surface area contributed by atoms with E-state index < -0.39 is 37.3 Å². The van der Waals surface area contributed by atoms with Crippen LogP contribution in [0, 0.1) is 0 Å². The normalized spacial score (nSPS) is 28.6. The van der Waals surface area contributed by atoms with Gasteiger partial charge in [0.2, 0.25) is 5.91 Å². The van der Waals surface area contributed by atoms with Crippen LogP contribution in [0.25, 0.3) is 0 Å². The van der Waals surface area contributed by atoms with Gasteiger partial charge in [0.1, 0.15) is 12.2 Å². The highest BCUT2D eigenvalue weighted by atomic mass is 16.7. The molecule has 0 aromatic rings. The molecule has 0 saturated carbocycles. The van der Waals surface area contributed by atoms with Gasteiger partial charge in [0.15, 0.2) is 6.29 Å². The molecule has 7 N–H and O–H groups in total. The van der Waals surface area contributed by atoms with Crippen LogP contribution in [0.5, 0.6) is 0 Å². The van der Waals surface area contributed by atoms with Crippen molar-refractivity contribution in [3.63, 3.8) is 0 Å². The van der Waals surface area contributed by atoms with E-state index >= 15 is 0 Å². The summed E-state index contributed by atoms with van der Waals surface area (Å²) < 4.78 is 11.2. The van der Waals surface area contributed by atoms with Gasteiger partial charge >= 0.3 is 0 Å². The number of carbonyl (C=O) groups is 1. The molecular weight excluding hydrogens is 334 g/mol. The van der Waals surface area contributed by atoms with Gasteiger partial charge in [-0.25, -0.2) is 0 Å². The van der Waals surface area contributed by atoms with Crippen LogP contribution in [-0.2, 0) is 14.3 Å². The lowest BCUT2D eigenvalue weighted by Gasteiger charge is -2.37. The van der Waals surface area contributed by atoms with E-state index in [0.717, 1.165) is 12.8 Å². The number of aliphatic hydroxyl groups excluding tert-OH is 5. The van der Waals surface area contributed by atoms with Crippen molar-refractivity contribution in [2.75, 3.05) is 13.2 Å². The van der Waals surface area contributed by atoms with Crippen molar-refractivity contribution in [2.45, 2.75) is 82.8 Å². The lowest BCUT2D eigenvalue weighted by atomic mass is 10.0. The SMILES string of the molecule is CC(N)=O.CCCCC(CC(O)CO)OC1CC(O)C(O)C(CO)O1. The second-order valence-electron chi connectivity index (χ2n) is 6.16. The van der Waals surface area contributed by atoms with Gasteiger partial charge < -0.3 is 40.7 Å². The summed E-state index contributed by atoms with van der Waals surface area (Å²) in [6.07, 6.45) is -1.97. The number of aliphatic hydroxyl groups is 5. The number of ether oxygens (including phenoxy) is 2. The Hall–Kier alpha value is -0.810. The van der Waals surface area contributed by atoms with Crippen LogP contribution < -0.4 is 5.73 Å². The molecule has 6 atom stereocenters. The third-order valence-corrected chi connectivity index (χ3v) is 3.69. The van der Waals surface area contributed by atoms with Crippen molar-refractivity contribution >= 4 is 5.91 Å². The summed E-state index contributed by atoms with van der Waals surface area (Å²) in [4.78, 5) is 9.22. The Labute approximate surface area is 148 Å². The Balaban J connectivity index is 0.00000129. The molecule has 1 aliphatic rings. The summed E-state index contributed by atoms with van der Waals surface area (Å²) in [5.74, 6) is -0.333. The van der Waals surface area contributed by atoms with Gasteiger partial charge in [-0.05, 0) is 6.42 Å². The van der Waals surface area contributed by atoms with Crippen LogP contribution in [-0.4, -0.2) is 81.5 Å². The second kappa shape index (κ2) is 13.4. The number of hydrogen-bond donors (Lipinski definition) is 6. The summed E-state index contributed by atoms with van der Waals surface area (Å²) in [7, 11) is 0. The molecule has 25 heavy (non-hydrogen) atoms. The van der Waals surface area contributed by atoms with Crippen LogP contribution in [0.4, 0.5) is 0 Å². The zero-order chi connectivity index (χ0) is 19.4. The minimum atomic E-state index is -1.13. The van der Waals surface area contributed by atoms with E-state index in [0.29, 0.717) is 6.42 Å². The number of carbonyl (C=O) groups excluding carboxylic acids is 1. The molecule has 1 amide bonds. The number of amides is 1. The molecule has 0 aromatic carbocycles. The molecule has 0 spiro atoms. The average Bonchev–Trinajstić information content (AvgIpc) is 2.55. The summed E-state index contributed by atoms with van der Waals surface area (Å²) in [5.41, 5.74) is 4.47. The Bertz CT molecular complexity index is 351. The first-order valence-electron chi connectivity index (χ1n) is 8.57. The maximum atomic E-state index is 9.76. The van der Waals surface area contributed by atoms with Crippen molar-refractivity contribution in [2.24, 2.45) is 5.73 Å². The Kier molecular flexibility index (Phi) is 13.0. The van der Waals surface area contributed by atoms with Crippen LogP contribution in [0.1, 0.15) is 46.0 Å². The number of hydrogen-bond acceptors (Lipinski definition) is 8. The first kappa shape index (κ1) is 24.2. The van der Waals surface area contributed by atoms with Gasteiger partial charge in [-0.2, -0.15) is 0 Å². The highest BCUT2D eigenvalue weighted by molar-refractivity contribution is 5.70. The maximum Gasteiger partial charge on any atom is 0.214 e. The standard InChI is InChI=1S/C14H28O7.C2H5NO/c1-2-3-4-10(5-9(17)7-15)20-13-6-11(18)14(19)12(8-16)21-13;1-2(3)4/h9-19H,2-8H2,1H3;1H3,(H2,3,4). The molecule has 1 aliphatic heterocycles. The molecule has 9 heteroatoms. The van der Waals surface area contributed by atoms with Gasteiger partial charge in [-0.1, -0.05) is 19.8 Å². The molecule has 9 nitrogen and oxygen atoms in total. The summed E-state index contributed by atoms with van der Waals surface area (Å²) >= 11 is 0. The lowest BCUT2D eigenvalue weighted by molar-refractivity contribution is -0.272. The Morgan fingerprint density at radius 2 is 1.96 bits per heavy atom. The van der Waals surface area contributed by atoms with E-state index in [2.05, 4.69) is 5.73 Å². The van der Waals surface area contributed by atoms with E-state index in [1.165, 1.54) is 6.92 Å². The van der Waals surface area contributed by atoms with Crippen molar-refractivity contribution in [1.82, 2.24) is 0 Å². The van der Waals surface area contributed by atoms with E-state index in [4.69, 9.17) is 19.7 Å². The molecule has 0 aliphatic carbocycles. The van der Waals surface area contributed by atoms with Gasteiger partial charge in [0, 0.05) is 19.8 Å². The summed E-state index contributed by atoms with van der Waals surface area (Å²) in [6, 6.07) is 0. The Morgan fingerprint density at radius 3 is 2.44 bits per heavy atom. The molecule has 1 fully saturated rings. The summed E-state index contributed by atoms with van der Waals surface area (Å²) in [5, 5.41) is 47.0. The zero-order valence-corrected chi connectivity index (χ0v) is 15.0. The molecule has 1 rings (SSSR count). The van der Waals surface area contributed by atoms with Gasteiger partial charge in [-0.3, -0.25) is 4.79 Å². The quantitative estimate of drug-likeness (QED) is 0.290. The average molecular weight is 367 g/mol. The highest BCUT2D eigenvalue weighted by Gasteiger charge is 2.37. The molecule has 0 aromatic heterocycles.